The van der Waals surface area contributed by atoms with Crippen molar-refractivity contribution in [2.75, 3.05) is 13.2 Å². The molecule has 1 heterocycles. The topological polar surface area (TPSA) is 46.6 Å². The predicted molar refractivity (Wildman–Crippen MR) is 68.2 cm³/mol. The molecule has 5 heteroatoms. The first-order chi connectivity index (χ1) is 8.58. The summed E-state index contributed by atoms with van der Waals surface area (Å²) in [6, 6.07) is -0.244. The van der Waals surface area contributed by atoms with Gasteiger partial charge in [-0.2, -0.15) is 0 Å². The van der Waals surface area contributed by atoms with Crippen molar-refractivity contribution < 1.29 is 14.3 Å². The number of rotatable bonds is 3. The van der Waals surface area contributed by atoms with Crippen LogP contribution in [0.3, 0.4) is 0 Å². The van der Waals surface area contributed by atoms with Gasteiger partial charge in [-0.3, -0.25) is 9.69 Å². The van der Waals surface area contributed by atoms with E-state index >= 15 is 0 Å². The third-order valence-electron chi connectivity index (χ3n) is 2.95. The maximum atomic E-state index is 11.5. The van der Waals surface area contributed by atoms with Gasteiger partial charge in [0, 0.05) is 0 Å². The number of amides is 1. The highest BCUT2D eigenvalue weighted by molar-refractivity contribution is 6.64. The van der Waals surface area contributed by atoms with Crippen LogP contribution in [0.1, 0.15) is 6.92 Å². The average Bonchev–Trinajstić information content (AvgIpc) is 2.53. The van der Waals surface area contributed by atoms with Gasteiger partial charge < -0.3 is 4.74 Å². The number of carbonyl (C=O) groups is 2. The number of nitrogens with zero attached hydrogens (tertiary/aromatic N) is 1. The van der Waals surface area contributed by atoms with Crippen molar-refractivity contribution in [3.8, 4) is 0 Å². The van der Waals surface area contributed by atoms with Crippen molar-refractivity contribution in [1.82, 2.24) is 4.90 Å². The highest BCUT2D eigenvalue weighted by Crippen LogP contribution is 2.22. The normalized spacial score (nSPS) is 26.9. The van der Waals surface area contributed by atoms with E-state index in [1.807, 2.05) is 24.3 Å². The van der Waals surface area contributed by atoms with Gasteiger partial charge in [0.05, 0.1) is 12.6 Å². The summed E-state index contributed by atoms with van der Waals surface area (Å²) in [6.07, 6.45) is 9.44. The van der Waals surface area contributed by atoms with Gasteiger partial charge in [0.1, 0.15) is 6.61 Å². The van der Waals surface area contributed by atoms with Gasteiger partial charge in [-0.25, -0.2) is 4.79 Å². The van der Waals surface area contributed by atoms with Crippen LogP contribution in [0.15, 0.2) is 36.0 Å². The van der Waals surface area contributed by atoms with Gasteiger partial charge in [0.25, 0.3) is 0 Å². The monoisotopic (exact) mass is 267 g/mol. The van der Waals surface area contributed by atoms with Gasteiger partial charge >= 0.3 is 6.09 Å². The van der Waals surface area contributed by atoms with Crippen LogP contribution in [0.25, 0.3) is 0 Å². The first kappa shape index (κ1) is 12.9. The fourth-order valence-electron chi connectivity index (χ4n) is 1.98. The van der Waals surface area contributed by atoms with Crippen molar-refractivity contribution in [2.45, 2.75) is 13.0 Å². The SMILES string of the molecule is CC1C=CC=C(C2COC(=O)N2CC(=O)Cl)C=C1. The second-order valence-electron chi connectivity index (χ2n) is 4.35. The summed E-state index contributed by atoms with van der Waals surface area (Å²) in [5, 5.41) is -0.569. The van der Waals surface area contributed by atoms with Crippen LogP contribution in [-0.4, -0.2) is 35.4 Å². The Morgan fingerprint density at radius 3 is 3.06 bits per heavy atom. The molecule has 0 aromatic carbocycles. The smallest absolute Gasteiger partial charge is 0.410 e. The summed E-state index contributed by atoms with van der Waals surface area (Å²) < 4.78 is 4.98. The van der Waals surface area contributed by atoms with Gasteiger partial charge in [-0.15, -0.1) is 0 Å². The summed E-state index contributed by atoms with van der Waals surface area (Å²) in [5.74, 6) is 0.347. The largest absolute Gasteiger partial charge is 0.447 e. The second kappa shape index (κ2) is 5.40. The summed E-state index contributed by atoms with van der Waals surface area (Å²) >= 11 is 5.34. The molecule has 4 nitrogen and oxygen atoms in total. The molecule has 1 aliphatic heterocycles. The zero-order valence-corrected chi connectivity index (χ0v) is 10.8. The second-order valence-corrected chi connectivity index (χ2v) is 4.77. The van der Waals surface area contributed by atoms with E-state index in [0.29, 0.717) is 5.92 Å². The molecule has 0 bridgehead atoms. The molecule has 1 fully saturated rings. The summed E-state index contributed by atoms with van der Waals surface area (Å²) in [4.78, 5) is 23.9. The number of cyclic esters (lactones) is 1. The maximum absolute atomic E-state index is 11.5. The lowest BCUT2D eigenvalue weighted by molar-refractivity contribution is -0.112. The molecule has 96 valence electrons. The molecule has 2 aliphatic rings. The average molecular weight is 268 g/mol. The van der Waals surface area contributed by atoms with Crippen LogP contribution in [0.2, 0.25) is 0 Å². The molecular weight excluding hydrogens is 254 g/mol. The molecule has 0 aromatic heterocycles. The van der Waals surface area contributed by atoms with Crippen molar-refractivity contribution >= 4 is 22.9 Å². The molecule has 0 saturated carbocycles. The molecule has 0 N–H and O–H groups in total. The van der Waals surface area contributed by atoms with Crippen LogP contribution in [0.4, 0.5) is 4.79 Å². The molecule has 0 spiro atoms. The molecule has 2 rings (SSSR count). The Bertz CT molecular complexity index is 453. The Kier molecular flexibility index (Phi) is 3.87. The molecule has 0 radical (unpaired) electrons. The fourth-order valence-corrected chi connectivity index (χ4v) is 2.11. The van der Waals surface area contributed by atoms with Crippen molar-refractivity contribution in [2.24, 2.45) is 5.92 Å². The fraction of sp³-hybridized carbons (Fsp3) is 0.385. The molecule has 18 heavy (non-hydrogen) atoms. The Morgan fingerprint density at radius 2 is 2.33 bits per heavy atom. The number of carbonyl (C=O) groups excluding carboxylic acids is 2. The zero-order valence-electron chi connectivity index (χ0n) is 10.0. The Balaban J connectivity index is 2.19. The van der Waals surface area contributed by atoms with E-state index < -0.39 is 11.3 Å². The van der Waals surface area contributed by atoms with Crippen LogP contribution in [0.5, 0.6) is 0 Å². The zero-order chi connectivity index (χ0) is 13.1. The summed E-state index contributed by atoms with van der Waals surface area (Å²) in [5.41, 5.74) is 0.944. The van der Waals surface area contributed by atoms with E-state index in [1.54, 1.807) is 0 Å². The molecular formula is C13H14ClNO3. The first-order valence-corrected chi connectivity index (χ1v) is 6.14. The minimum absolute atomic E-state index is 0.129. The number of halogens is 1. The van der Waals surface area contributed by atoms with E-state index in [2.05, 4.69) is 13.0 Å². The lowest BCUT2D eigenvalue weighted by Gasteiger charge is -2.20. The van der Waals surface area contributed by atoms with Crippen LogP contribution in [0, 0.1) is 5.92 Å². The van der Waals surface area contributed by atoms with Crippen LogP contribution >= 0.6 is 11.6 Å². The Morgan fingerprint density at radius 1 is 1.56 bits per heavy atom. The lowest BCUT2D eigenvalue weighted by Crippen LogP contribution is -2.37. The molecule has 1 aliphatic carbocycles. The summed E-state index contributed by atoms with van der Waals surface area (Å²) in [6.45, 7) is 2.19. The molecule has 2 atom stereocenters. The van der Waals surface area contributed by atoms with Gasteiger partial charge in [-0.1, -0.05) is 37.3 Å². The molecule has 2 unspecified atom stereocenters. The van der Waals surface area contributed by atoms with Gasteiger partial charge in [-0.05, 0) is 23.1 Å². The van der Waals surface area contributed by atoms with E-state index in [4.69, 9.17) is 16.3 Å². The lowest BCUT2D eigenvalue weighted by atomic mass is 10.1. The van der Waals surface area contributed by atoms with Crippen LogP contribution in [-0.2, 0) is 9.53 Å². The maximum Gasteiger partial charge on any atom is 0.410 e. The standard InChI is InChI=1S/C13H14ClNO3/c1-9-3-2-4-10(6-5-9)11-8-18-13(17)15(11)7-12(14)16/h2-6,9,11H,7-8H2,1H3. The number of allylic oxidation sites excluding steroid dienone is 4. The third kappa shape index (κ3) is 2.82. The third-order valence-corrected chi connectivity index (χ3v) is 3.07. The van der Waals surface area contributed by atoms with E-state index in [-0.39, 0.29) is 19.2 Å². The quantitative estimate of drug-likeness (QED) is 0.737. The first-order valence-electron chi connectivity index (χ1n) is 5.76. The molecule has 0 aromatic rings. The van der Waals surface area contributed by atoms with Crippen LogP contribution < -0.4 is 0 Å². The van der Waals surface area contributed by atoms with Crippen molar-refractivity contribution in [3.05, 3.63) is 36.0 Å². The highest BCUT2D eigenvalue weighted by atomic mass is 35.5. The van der Waals surface area contributed by atoms with Gasteiger partial charge in [0.2, 0.25) is 5.24 Å². The Hall–Kier alpha value is -1.55. The minimum Gasteiger partial charge on any atom is -0.447 e. The highest BCUT2D eigenvalue weighted by Gasteiger charge is 2.35. The Labute approximate surface area is 111 Å². The number of hydrogen-bond donors (Lipinski definition) is 0. The number of hydrogen-bond acceptors (Lipinski definition) is 3. The van der Waals surface area contributed by atoms with Crippen molar-refractivity contribution in [3.63, 3.8) is 0 Å². The predicted octanol–water partition coefficient (Wildman–Crippen LogP) is 2.26. The van der Waals surface area contributed by atoms with Gasteiger partial charge in [0.15, 0.2) is 0 Å². The molecule has 1 amide bonds. The number of ether oxygens (including phenoxy) is 1. The molecule has 1 saturated heterocycles. The summed E-state index contributed by atoms with van der Waals surface area (Å²) in [7, 11) is 0. The van der Waals surface area contributed by atoms with E-state index in [0.717, 1.165) is 5.57 Å². The van der Waals surface area contributed by atoms with Crippen molar-refractivity contribution in [1.29, 1.82) is 0 Å². The minimum atomic E-state index is -0.569. The van der Waals surface area contributed by atoms with E-state index in [1.165, 1.54) is 4.90 Å². The van der Waals surface area contributed by atoms with E-state index in [9.17, 15) is 9.59 Å².